The first-order valence-electron chi connectivity index (χ1n) is 17.3. The highest BCUT2D eigenvalue weighted by molar-refractivity contribution is 7.90. The molecule has 12 heteroatoms. The Morgan fingerprint density at radius 3 is 2.22 bits per heavy atom. The lowest BCUT2D eigenvalue weighted by molar-refractivity contribution is 0.0679. The molecule has 1 aliphatic heterocycles. The number of amides is 2. The molecule has 1 aromatic heterocycles. The first-order chi connectivity index (χ1) is 22.2. The second kappa shape index (κ2) is 16.5. The lowest BCUT2D eigenvalue weighted by Gasteiger charge is -2.31. The number of aromatic nitrogens is 2. The molecule has 1 aliphatic carbocycles. The van der Waals surface area contributed by atoms with Gasteiger partial charge in [-0.1, -0.05) is 72.6 Å². The van der Waals surface area contributed by atoms with Crippen molar-refractivity contribution in [2.24, 2.45) is 11.8 Å². The van der Waals surface area contributed by atoms with E-state index >= 15 is 0 Å². The van der Waals surface area contributed by atoms with Gasteiger partial charge in [0.15, 0.2) is 11.5 Å². The molecule has 2 N–H and O–H groups in total. The largest absolute Gasteiger partial charge is 0.467 e. The van der Waals surface area contributed by atoms with Crippen LogP contribution in [0.5, 0.6) is 6.01 Å². The number of nitrogens with zero attached hydrogens (tertiary/aromatic N) is 3. The number of carbonyl (C=O) groups is 2. The minimum absolute atomic E-state index is 0.0139. The lowest BCUT2D eigenvalue weighted by atomic mass is 9.95. The number of nitrogens with one attached hydrogen (secondary N) is 2. The molecule has 4 rings (SSSR count). The molecule has 2 aromatic rings. The maximum atomic E-state index is 14.4. The quantitative estimate of drug-likeness (QED) is 0.158. The number of methoxy groups -OCH3 is 1. The fourth-order valence-corrected chi connectivity index (χ4v) is 8.03. The van der Waals surface area contributed by atoms with Gasteiger partial charge in [0.05, 0.1) is 12.8 Å². The van der Waals surface area contributed by atoms with E-state index in [1.54, 1.807) is 12.1 Å². The molecule has 0 radical (unpaired) electrons. The van der Waals surface area contributed by atoms with Gasteiger partial charge in [0.25, 0.3) is 15.9 Å². The molecule has 1 aromatic carbocycles. The van der Waals surface area contributed by atoms with Crippen LogP contribution in [0.1, 0.15) is 122 Å². The van der Waals surface area contributed by atoms with Crippen LogP contribution in [0, 0.1) is 11.8 Å². The van der Waals surface area contributed by atoms with Crippen molar-refractivity contribution in [3.8, 4) is 6.01 Å². The molecule has 1 fully saturated rings. The van der Waals surface area contributed by atoms with Crippen molar-refractivity contribution in [3.63, 3.8) is 0 Å². The molecular formula is C34H53N5O6S. The van der Waals surface area contributed by atoms with Crippen LogP contribution < -0.4 is 15.4 Å². The Morgan fingerprint density at radius 1 is 1.02 bits per heavy atom. The number of ether oxygens (including phenoxy) is 2. The Labute approximate surface area is 274 Å². The highest BCUT2D eigenvalue weighted by atomic mass is 32.2. The van der Waals surface area contributed by atoms with Crippen molar-refractivity contribution in [1.29, 1.82) is 0 Å². The van der Waals surface area contributed by atoms with Crippen molar-refractivity contribution in [1.82, 2.24) is 13.9 Å². The van der Waals surface area contributed by atoms with Crippen molar-refractivity contribution in [3.05, 3.63) is 23.9 Å². The van der Waals surface area contributed by atoms with Gasteiger partial charge in [-0.2, -0.15) is 8.96 Å². The summed E-state index contributed by atoms with van der Waals surface area (Å²) in [5.41, 5.74) is 0.580. The number of rotatable bonds is 16. The van der Waals surface area contributed by atoms with Crippen molar-refractivity contribution in [2.45, 2.75) is 122 Å². The molecule has 2 heterocycles. The Kier molecular flexibility index (Phi) is 12.8. The van der Waals surface area contributed by atoms with Crippen LogP contribution >= 0.6 is 0 Å². The molecule has 2 aliphatic rings. The Bertz CT molecular complexity index is 1420. The van der Waals surface area contributed by atoms with Gasteiger partial charge >= 0.3 is 12.1 Å². The van der Waals surface area contributed by atoms with Crippen LogP contribution in [0.2, 0.25) is 0 Å². The van der Waals surface area contributed by atoms with E-state index in [9.17, 15) is 18.0 Å². The average molecular weight is 660 g/mol. The fourth-order valence-electron chi connectivity index (χ4n) is 6.47. The van der Waals surface area contributed by atoms with E-state index in [1.165, 1.54) is 13.2 Å². The van der Waals surface area contributed by atoms with Gasteiger partial charge in [-0.15, -0.1) is 0 Å². The maximum absolute atomic E-state index is 14.4. The molecule has 2 atom stereocenters. The van der Waals surface area contributed by atoms with Crippen LogP contribution in [0.3, 0.4) is 0 Å². The molecular weight excluding hydrogens is 606 g/mol. The molecule has 2 unspecified atom stereocenters. The Hall–Kier alpha value is -3.28. The van der Waals surface area contributed by atoms with Gasteiger partial charge in [0, 0.05) is 18.8 Å². The molecule has 0 bridgehead atoms. The second-order valence-electron chi connectivity index (χ2n) is 12.7. The summed E-state index contributed by atoms with van der Waals surface area (Å²) in [7, 11) is -2.91. The molecule has 256 valence electrons. The molecule has 2 amide bonds. The number of unbranched alkanes of at least 4 members (excludes halogenated alkanes) is 2. The smallest absolute Gasteiger partial charge is 0.411 e. The third-order valence-corrected chi connectivity index (χ3v) is 11.1. The highest BCUT2D eigenvalue weighted by Gasteiger charge is 2.39. The van der Waals surface area contributed by atoms with E-state index < -0.39 is 16.1 Å². The summed E-state index contributed by atoms with van der Waals surface area (Å²) in [6.45, 7) is 9.82. The zero-order valence-corrected chi connectivity index (χ0v) is 29.1. The van der Waals surface area contributed by atoms with Gasteiger partial charge in [0.1, 0.15) is 11.0 Å². The highest BCUT2D eigenvalue weighted by Crippen LogP contribution is 2.41. The molecule has 46 heavy (non-hydrogen) atoms. The van der Waals surface area contributed by atoms with Gasteiger partial charge in [-0.25, -0.2) is 13.2 Å². The number of anilines is 3. The van der Waals surface area contributed by atoms with Crippen LogP contribution in [-0.4, -0.2) is 60.6 Å². The number of hydrogen-bond donors (Lipinski definition) is 2. The molecule has 11 nitrogen and oxygen atoms in total. The predicted octanol–water partition coefficient (Wildman–Crippen LogP) is 7.94. The van der Waals surface area contributed by atoms with Crippen LogP contribution in [0.4, 0.5) is 22.0 Å². The van der Waals surface area contributed by atoms with Gasteiger partial charge in [-0.3, -0.25) is 10.1 Å². The first-order valence-corrected chi connectivity index (χ1v) is 18.7. The Balaban J connectivity index is 1.64. The predicted molar refractivity (Wildman–Crippen MR) is 181 cm³/mol. The number of benzene rings is 1. The fraction of sp³-hybridized carbons (Fsp3) is 0.676. The zero-order valence-electron chi connectivity index (χ0n) is 28.3. The standard InChI is InChI=1S/C34H53N5O6S/c1-6-10-15-24(8-3)22-38(23-25(9-4)16-11-7-2)32(40)30-31-36-28-20-19-26(35-34(41)45-27-17-13-12-14-18-27)21-29(28)46(42,43)39(31)33(37-30)44-5/h19-21,24-25,27,36H,6-18,22-23H2,1-5H3,(H,35,41). The maximum Gasteiger partial charge on any atom is 0.411 e. The van der Waals surface area contributed by atoms with E-state index in [0.29, 0.717) is 24.9 Å². The van der Waals surface area contributed by atoms with Crippen LogP contribution in [0.25, 0.3) is 0 Å². The third-order valence-electron chi connectivity index (χ3n) is 9.35. The summed E-state index contributed by atoms with van der Waals surface area (Å²) in [6.07, 6.45) is 12.4. The Morgan fingerprint density at radius 2 is 1.65 bits per heavy atom. The monoisotopic (exact) mass is 659 g/mol. The van der Waals surface area contributed by atoms with E-state index in [-0.39, 0.29) is 45.8 Å². The van der Waals surface area contributed by atoms with E-state index in [0.717, 1.165) is 87.4 Å². The summed E-state index contributed by atoms with van der Waals surface area (Å²) in [6, 6.07) is 4.37. The van der Waals surface area contributed by atoms with Crippen LogP contribution in [0.15, 0.2) is 23.1 Å². The summed E-state index contributed by atoms with van der Waals surface area (Å²) < 4.78 is 40.1. The van der Waals surface area contributed by atoms with Gasteiger partial charge in [-0.05, 0) is 68.6 Å². The average Bonchev–Trinajstić information content (AvgIpc) is 3.44. The third kappa shape index (κ3) is 8.35. The number of carbonyl (C=O) groups excluding carboxylic acids is 2. The topological polar surface area (TPSA) is 132 Å². The minimum atomic E-state index is -4.24. The SMILES string of the molecule is CCCCC(CC)CN(CC(CC)CCCC)C(=O)c1nc(OC)n2c1Nc1ccc(NC(=O)OC3CCCCC3)cc1S2(=O)=O. The summed E-state index contributed by atoms with van der Waals surface area (Å²) in [5.74, 6) is 0.411. The summed E-state index contributed by atoms with van der Waals surface area (Å²) >= 11 is 0. The van der Waals surface area contributed by atoms with Crippen molar-refractivity contribution in [2.75, 3.05) is 30.8 Å². The number of hydrogen-bond acceptors (Lipinski definition) is 8. The van der Waals surface area contributed by atoms with Gasteiger partial charge < -0.3 is 19.7 Å². The lowest BCUT2D eigenvalue weighted by Crippen LogP contribution is -2.39. The molecule has 0 saturated heterocycles. The molecule has 1 saturated carbocycles. The number of imidazole rings is 1. The van der Waals surface area contributed by atoms with Crippen molar-refractivity contribution >= 4 is 39.2 Å². The first kappa shape index (κ1) is 35.6. The van der Waals surface area contributed by atoms with E-state index in [1.807, 2.05) is 4.90 Å². The second-order valence-corrected chi connectivity index (χ2v) is 14.5. The van der Waals surface area contributed by atoms with Gasteiger partial charge in [0.2, 0.25) is 0 Å². The number of fused-ring (bicyclic) bond motifs is 2. The van der Waals surface area contributed by atoms with Crippen molar-refractivity contribution < 1.29 is 27.5 Å². The van der Waals surface area contributed by atoms with E-state index in [4.69, 9.17) is 9.47 Å². The minimum Gasteiger partial charge on any atom is -0.467 e. The van der Waals surface area contributed by atoms with E-state index in [2.05, 4.69) is 43.3 Å². The van der Waals surface area contributed by atoms with Crippen LogP contribution in [-0.2, 0) is 14.8 Å². The normalized spacial score (nSPS) is 16.8. The zero-order chi connectivity index (χ0) is 33.3. The summed E-state index contributed by atoms with van der Waals surface area (Å²) in [5, 5.41) is 5.83. The molecule has 0 spiro atoms. The summed E-state index contributed by atoms with van der Waals surface area (Å²) in [4.78, 5) is 33.2.